The van der Waals surface area contributed by atoms with Crippen LogP contribution in [0.3, 0.4) is 0 Å². The molecule has 0 aliphatic rings. The van der Waals surface area contributed by atoms with E-state index in [-0.39, 0.29) is 5.69 Å². The summed E-state index contributed by atoms with van der Waals surface area (Å²) in [5.41, 5.74) is 4.59. The molecule has 0 saturated carbocycles. The van der Waals surface area contributed by atoms with Gasteiger partial charge in [-0.05, 0) is 30.2 Å². The number of nitrogens with zero attached hydrogens (tertiary/aromatic N) is 2. The van der Waals surface area contributed by atoms with E-state index in [2.05, 4.69) is 15.4 Å². The zero-order valence-electron chi connectivity index (χ0n) is 9.39. The maximum absolute atomic E-state index is 13.6. The van der Waals surface area contributed by atoms with Gasteiger partial charge in [-0.25, -0.2) is 9.82 Å². The number of nitrogens with one attached hydrogen (secondary N) is 1. The van der Waals surface area contributed by atoms with Crippen LogP contribution in [0.5, 0.6) is 0 Å². The van der Waals surface area contributed by atoms with Gasteiger partial charge in [0.25, 0.3) is 0 Å². The van der Waals surface area contributed by atoms with E-state index in [4.69, 9.17) is 5.84 Å². The van der Waals surface area contributed by atoms with E-state index >= 15 is 0 Å². The highest BCUT2D eigenvalue weighted by Gasteiger charge is 2.18. The minimum Gasteiger partial charge on any atom is -0.271 e. The van der Waals surface area contributed by atoms with Crippen molar-refractivity contribution in [3.63, 3.8) is 0 Å². The van der Waals surface area contributed by atoms with Crippen LogP contribution in [-0.2, 0) is 0 Å². The smallest absolute Gasteiger partial charge is 0.146 e. The second-order valence-corrected chi connectivity index (χ2v) is 3.77. The lowest BCUT2D eigenvalue weighted by Gasteiger charge is -2.16. The Kier molecular flexibility index (Phi) is 3.41. The number of aryl methyl sites for hydroxylation is 1. The van der Waals surface area contributed by atoms with Gasteiger partial charge in [0.2, 0.25) is 0 Å². The predicted molar refractivity (Wildman–Crippen MR) is 62.3 cm³/mol. The first-order valence-electron chi connectivity index (χ1n) is 5.20. The molecule has 0 aliphatic heterocycles. The first-order chi connectivity index (χ1) is 8.22. The molecule has 17 heavy (non-hydrogen) atoms. The Bertz CT molecular complexity index is 515. The van der Waals surface area contributed by atoms with E-state index in [1.54, 1.807) is 18.5 Å². The topological polar surface area (TPSA) is 63.8 Å². The minimum atomic E-state index is -0.497. The van der Waals surface area contributed by atoms with Gasteiger partial charge in [-0.15, -0.1) is 0 Å². The Morgan fingerprint density at radius 2 is 2.24 bits per heavy atom. The largest absolute Gasteiger partial charge is 0.271 e. The average molecular weight is 232 g/mol. The van der Waals surface area contributed by atoms with Crippen molar-refractivity contribution < 1.29 is 4.39 Å². The van der Waals surface area contributed by atoms with Crippen LogP contribution < -0.4 is 11.3 Å². The molecule has 4 nitrogen and oxygen atoms in total. The van der Waals surface area contributed by atoms with E-state index in [0.717, 1.165) is 11.1 Å². The molecule has 2 heterocycles. The number of rotatable bonds is 3. The van der Waals surface area contributed by atoms with Crippen molar-refractivity contribution in [3.05, 3.63) is 59.4 Å². The molecule has 0 aliphatic carbocycles. The highest BCUT2D eigenvalue weighted by Crippen LogP contribution is 2.21. The summed E-state index contributed by atoms with van der Waals surface area (Å²) in [5.74, 6) is 5.08. The Labute approximate surface area is 98.7 Å². The molecule has 0 saturated heterocycles. The first kappa shape index (κ1) is 11.6. The third-order valence-electron chi connectivity index (χ3n) is 2.46. The molecule has 1 atom stereocenters. The Balaban J connectivity index is 2.44. The number of hydrogen-bond acceptors (Lipinski definition) is 4. The van der Waals surface area contributed by atoms with Crippen molar-refractivity contribution >= 4 is 0 Å². The van der Waals surface area contributed by atoms with E-state index in [0.29, 0.717) is 0 Å². The molecule has 3 N–H and O–H groups in total. The summed E-state index contributed by atoms with van der Waals surface area (Å²) >= 11 is 0. The molecule has 2 aromatic heterocycles. The summed E-state index contributed by atoms with van der Waals surface area (Å²) in [5, 5.41) is 0. The molecule has 0 fully saturated rings. The molecule has 88 valence electrons. The van der Waals surface area contributed by atoms with Gasteiger partial charge in [-0.3, -0.25) is 15.8 Å². The maximum Gasteiger partial charge on any atom is 0.146 e. The fourth-order valence-corrected chi connectivity index (χ4v) is 1.68. The lowest BCUT2D eigenvalue weighted by Crippen LogP contribution is -2.30. The van der Waals surface area contributed by atoms with Gasteiger partial charge in [0.15, 0.2) is 0 Å². The molecular formula is C12H13FN4. The summed E-state index contributed by atoms with van der Waals surface area (Å²) < 4.78 is 13.6. The zero-order valence-corrected chi connectivity index (χ0v) is 9.39. The SMILES string of the molecule is Cc1cncc(C(NN)c2ncccc2F)c1. The van der Waals surface area contributed by atoms with Gasteiger partial charge in [0.05, 0.1) is 11.7 Å². The number of hydrazine groups is 1. The van der Waals surface area contributed by atoms with E-state index in [9.17, 15) is 4.39 Å². The Morgan fingerprint density at radius 3 is 2.88 bits per heavy atom. The molecular weight excluding hydrogens is 219 g/mol. The summed E-state index contributed by atoms with van der Waals surface area (Å²) in [6.07, 6.45) is 4.91. The average Bonchev–Trinajstić information content (AvgIpc) is 2.33. The molecule has 0 bridgehead atoms. The second kappa shape index (κ2) is 4.99. The van der Waals surface area contributed by atoms with Crippen molar-refractivity contribution in [3.8, 4) is 0 Å². The van der Waals surface area contributed by atoms with Crippen LogP contribution in [0.15, 0.2) is 36.8 Å². The normalized spacial score (nSPS) is 12.4. The highest BCUT2D eigenvalue weighted by molar-refractivity contribution is 5.28. The highest BCUT2D eigenvalue weighted by atomic mass is 19.1. The van der Waals surface area contributed by atoms with Crippen LogP contribution in [0.1, 0.15) is 22.9 Å². The third-order valence-corrected chi connectivity index (χ3v) is 2.46. The molecule has 1 unspecified atom stereocenters. The number of nitrogens with two attached hydrogens (primary N) is 1. The monoisotopic (exact) mass is 232 g/mol. The van der Waals surface area contributed by atoms with Crippen molar-refractivity contribution in [2.24, 2.45) is 5.84 Å². The molecule has 2 rings (SSSR count). The van der Waals surface area contributed by atoms with Crippen molar-refractivity contribution in [2.75, 3.05) is 0 Å². The Morgan fingerprint density at radius 1 is 1.41 bits per heavy atom. The molecule has 0 aromatic carbocycles. The van der Waals surface area contributed by atoms with Gasteiger partial charge in [0.1, 0.15) is 5.82 Å². The van der Waals surface area contributed by atoms with Gasteiger partial charge < -0.3 is 0 Å². The molecule has 0 amide bonds. The van der Waals surface area contributed by atoms with Crippen LogP contribution in [0.2, 0.25) is 0 Å². The first-order valence-corrected chi connectivity index (χ1v) is 5.20. The van der Waals surface area contributed by atoms with Gasteiger partial charge >= 0.3 is 0 Å². The molecule has 0 spiro atoms. The van der Waals surface area contributed by atoms with Crippen LogP contribution in [0.4, 0.5) is 4.39 Å². The molecule has 5 heteroatoms. The fourth-order valence-electron chi connectivity index (χ4n) is 1.68. The van der Waals surface area contributed by atoms with Crippen molar-refractivity contribution in [1.82, 2.24) is 15.4 Å². The minimum absolute atomic E-state index is 0.266. The summed E-state index contributed by atoms with van der Waals surface area (Å²) in [7, 11) is 0. The lowest BCUT2D eigenvalue weighted by molar-refractivity contribution is 0.542. The number of aromatic nitrogens is 2. The van der Waals surface area contributed by atoms with Crippen molar-refractivity contribution in [2.45, 2.75) is 13.0 Å². The van der Waals surface area contributed by atoms with Crippen LogP contribution in [-0.4, -0.2) is 9.97 Å². The molecule has 2 aromatic rings. The fraction of sp³-hybridized carbons (Fsp3) is 0.167. The number of halogens is 1. The van der Waals surface area contributed by atoms with Gasteiger partial charge in [-0.2, -0.15) is 0 Å². The van der Waals surface area contributed by atoms with E-state index in [1.807, 2.05) is 13.0 Å². The number of hydrogen-bond donors (Lipinski definition) is 2. The van der Waals surface area contributed by atoms with Crippen LogP contribution in [0.25, 0.3) is 0 Å². The third kappa shape index (κ3) is 2.46. The van der Waals surface area contributed by atoms with Crippen LogP contribution in [0, 0.1) is 12.7 Å². The molecule has 0 radical (unpaired) electrons. The standard InChI is InChI=1S/C12H13FN4/c1-8-5-9(7-15-6-8)11(17-14)12-10(13)3-2-4-16-12/h2-7,11,17H,14H2,1H3. The van der Waals surface area contributed by atoms with Gasteiger partial charge in [-0.1, -0.05) is 6.07 Å². The summed E-state index contributed by atoms with van der Waals surface area (Å²) in [6.45, 7) is 1.92. The Hall–Kier alpha value is -1.85. The summed E-state index contributed by atoms with van der Waals surface area (Å²) in [6, 6.07) is 4.30. The number of pyridine rings is 2. The second-order valence-electron chi connectivity index (χ2n) is 3.77. The van der Waals surface area contributed by atoms with Crippen molar-refractivity contribution in [1.29, 1.82) is 0 Å². The quantitative estimate of drug-likeness (QED) is 0.621. The van der Waals surface area contributed by atoms with E-state index < -0.39 is 11.9 Å². The maximum atomic E-state index is 13.6. The zero-order chi connectivity index (χ0) is 12.3. The van der Waals surface area contributed by atoms with E-state index in [1.165, 1.54) is 12.3 Å². The lowest BCUT2D eigenvalue weighted by atomic mass is 10.0. The van der Waals surface area contributed by atoms with Gasteiger partial charge in [0, 0.05) is 18.6 Å². The predicted octanol–water partition coefficient (Wildman–Crippen LogP) is 1.48. The summed E-state index contributed by atoms with van der Waals surface area (Å²) in [4.78, 5) is 8.07. The van der Waals surface area contributed by atoms with Crippen LogP contribution >= 0.6 is 0 Å².